The standard InChI is InChI=1S/C16H22N4/c1-12-7-6-8-13(2)16(12)17-11-15-19-18-14-9-4-3-5-10-20(14)15/h6-8,17H,3-5,9-11H2,1-2H3. The van der Waals surface area contributed by atoms with Crippen molar-refractivity contribution in [3.63, 3.8) is 0 Å². The number of nitrogens with one attached hydrogen (secondary N) is 1. The zero-order valence-corrected chi connectivity index (χ0v) is 12.3. The summed E-state index contributed by atoms with van der Waals surface area (Å²) in [6.07, 6.45) is 4.84. The third kappa shape index (κ3) is 2.55. The number of hydrogen-bond donors (Lipinski definition) is 1. The lowest BCUT2D eigenvalue weighted by molar-refractivity contribution is 0.610. The molecule has 0 saturated heterocycles. The van der Waals surface area contributed by atoms with Crippen LogP contribution >= 0.6 is 0 Å². The summed E-state index contributed by atoms with van der Waals surface area (Å²) in [5.41, 5.74) is 3.78. The minimum absolute atomic E-state index is 0.749. The third-order valence-corrected chi connectivity index (χ3v) is 4.09. The average Bonchev–Trinajstić information content (AvgIpc) is 2.67. The highest BCUT2D eigenvalue weighted by Gasteiger charge is 2.14. The maximum atomic E-state index is 4.36. The summed E-state index contributed by atoms with van der Waals surface area (Å²) in [7, 11) is 0. The van der Waals surface area contributed by atoms with Crippen molar-refractivity contribution in [2.45, 2.75) is 52.6 Å². The van der Waals surface area contributed by atoms with Crippen molar-refractivity contribution in [2.24, 2.45) is 0 Å². The summed E-state index contributed by atoms with van der Waals surface area (Å²) >= 11 is 0. The molecule has 0 aliphatic carbocycles. The van der Waals surface area contributed by atoms with Crippen molar-refractivity contribution in [3.05, 3.63) is 41.0 Å². The Balaban J connectivity index is 1.77. The van der Waals surface area contributed by atoms with Crippen molar-refractivity contribution in [2.75, 3.05) is 5.32 Å². The molecule has 2 aromatic rings. The quantitative estimate of drug-likeness (QED) is 0.931. The highest BCUT2D eigenvalue weighted by atomic mass is 15.3. The molecule has 0 unspecified atom stereocenters. The molecule has 4 nitrogen and oxygen atoms in total. The van der Waals surface area contributed by atoms with Gasteiger partial charge in [0.25, 0.3) is 0 Å². The fraction of sp³-hybridized carbons (Fsp3) is 0.500. The van der Waals surface area contributed by atoms with Crippen LogP contribution < -0.4 is 5.32 Å². The van der Waals surface area contributed by atoms with E-state index in [9.17, 15) is 0 Å². The number of hydrogen-bond acceptors (Lipinski definition) is 3. The predicted molar refractivity (Wildman–Crippen MR) is 80.8 cm³/mol. The van der Waals surface area contributed by atoms with E-state index in [1.54, 1.807) is 0 Å². The number of rotatable bonds is 3. The van der Waals surface area contributed by atoms with Crippen LogP contribution in [0.25, 0.3) is 0 Å². The van der Waals surface area contributed by atoms with Crippen LogP contribution in [0.3, 0.4) is 0 Å². The van der Waals surface area contributed by atoms with Gasteiger partial charge in [-0.25, -0.2) is 0 Å². The molecule has 0 atom stereocenters. The Bertz CT molecular complexity index is 580. The van der Waals surface area contributed by atoms with E-state index in [1.807, 2.05) is 0 Å². The predicted octanol–water partition coefficient (Wildman–Crippen LogP) is 3.23. The van der Waals surface area contributed by atoms with Crippen LogP contribution in [0.4, 0.5) is 5.69 Å². The second-order valence-electron chi connectivity index (χ2n) is 5.62. The van der Waals surface area contributed by atoms with E-state index in [-0.39, 0.29) is 0 Å². The molecule has 0 fully saturated rings. The Morgan fingerprint density at radius 1 is 1.10 bits per heavy atom. The summed E-state index contributed by atoms with van der Waals surface area (Å²) in [6, 6.07) is 6.37. The lowest BCUT2D eigenvalue weighted by Gasteiger charge is -2.13. The van der Waals surface area contributed by atoms with Crippen LogP contribution in [-0.2, 0) is 19.5 Å². The first kappa shape index (κ1) is 13.2. The normalized spacial score (nSPS) is 14.7. The van der Waals surface area contributed by atoms with Crippen LogP contribution in [-0.4, -0.2) is 14.8 Å². The number of para-hydroxylation sites is 1. The fourth-order valence-electron chi connectivity index (χ4n) is 2.94. The molecule has 0 radical (unpaired) electrons. The first-order chi connectivity index (χ1) is 9.75. The second-order valence-corrected chi connectivity index (χ2v) is 5.62. The van der Waals surface area contributed by atoms with Crippen LogP contribution in [0.15, 0.2) is 18.2 Å². The molecular formula is C16H22N4. The van der Waals surface area contributed by atoms with Gasteiger partial charge in [0.2, 0.25) is 0 Å². The number of benzene rings is 1. The van der Waals surface area contributed by atoms with E-state index in [0.29, 0.717) is 0 Å². The van der Waals surface area contributed by atoms with Gasteiger partial charge in [0.15, 0.2) is 5.82 Å². The molecule has 1 N–H and O–H groups in total. The second kappa shape index (κ2) is 5.65. The molecule has 3 rings (SSSR count). The van der Waals surface area contributed by atoms with Gasteiger partial charge in [0, 0.05) is 18.7 Å². The van der Waals surface area contributed by atoms with Gasteiger partial charge in [0.05, 0.1) is 6.54 Å². The summed E-state index contributed by atoms with van der Waals surface area (Å²) in [5.74, 6) is 2.21. The zero-order valence-electron chi connectivity index (χ0n) is 12.3. The molecular weight excluding hydrogens is 248 g/mol. The monoisotopic (exact) mass is 270 g/mol. The Hall–Kier alpha value is -1.84. The van der Waals surface area contributed by atoms with Crippen LogP contribution in [0.2, 0.25) is 0 Å². The fourth-order valence-corrected chi connectivity index (χ4v) is 2.94. The van der Waals surface area contributed by atoms with Crippen LogP contribution in [0.1, 0.15) is 42.0 Å². The van der Waals surface area contributed by atoms with Crippen molar-refractivity contribution < 1.29 is 0 Å². The molecule has 1 aliphatic rings. The molecule has 1 aromatic heterocycles. The van der Waals surface area contributed by atoms with Gasteiger partial charge in [0.1, 0.15) is 5.82 Å². The minimum atomic E-state index is 0.749. The Morgan fingerprint density at radius 3 is 2.70 bits per heavy atom. The SMILES string of the molecule is Cc1cccc(C)c1NCc1nnc2n1CCCCC2. The van der Waals surface area contributed by atoms with Crippen LogP contribution in [0.5, 0.6) is 0 Å². The molecule has 1 aromatic carbocycles. The zero-order chi connectivity index (χ0) is 13.9. The first-order valence-electron chi connectivity index (χ1n) is 7.47. The first-order valence-corrected chi connectivity index (χ1v) is 7.47. The molecule has 1 aliphatic heterocycles. The van der Waals surface area contributed by atoms with E-state index in [1.165, 1.54) is 36.1 Å². The van der Waals surface area contributed by atoms with E-state index >= 15 is 0 Å². The molecule has 0 saturated carbocycles. The highest BCUT2D eigenvalue weighted by molar-refractivity contribution is 5.56. The summed E-state index contributed by atoms with van der Waals surface area (Å²) in [5, 5.41) is 12.2. The molecule has 0 spiro atoms. The van der Waals surface area contributed by atoms with Crippen LogP contribution in [0, 0.1) is 13.8 Å². The van der Waals surface area contributed by atoms with Gasteiger partial charge >= 0.3 is 0 Å². The molecule has 0 bridgehead atoms. The lowest BCUT2D eigenvalue weighted by Crippen LogP contribution is -2.11. The van der Waals surface area contributed by atoms with Crippen molar-refractivity contribution >= 4 is 5.69 Å². The summed E-state index contributed by atoms with van der Waals surface area (Å²) < 4.78 is 2.30. The topological polar surface area (TPSA) is 42.7 Å². The van der Waals surface area contributed by atoms with E-state index in [2.05, 4.69) is 52.1 Å². The Labute approximate surface area is 120 Å². The number of aromatic nitrogens is 3. The largest absolute Gasteiger partial charge is 0.377 e. The van der Waals surface area contributed by atoms with Gasteiger partial charge in [-0.05, 0) is 37.8 Å². The maximum absolute atomic E-state index is 4.36. The maximum Gasteiger partial charge on any atom is 0.152 e. The third-order valence-electron chi connectivity index (χ3n) is 4.09. The smallest absolute Gasteiger partial charge is 0.152 e. The summed E-state index contributed by atoms with van der Waals surface area (Å²) in [6.45, 7) is 6.09. The Kier molecular flexibility index (Phi) is 3.72. The van der Waals surface area contributed by atoms with Crippen molar-refractivity contribution in [1.29, 1.82) is 0 Å². The summed E-state index contributed by atoms with van der Waals surface area (Å²) in [4.78, 5) is 0. The van der Waals surface area contributed by atoms with E-state index < -0.39 is 0 Å². The van der Waals surface area contributed by atoms with Crippen molar-refractivity contribution in [3.8, 4) is 0 Å². The molecule has 106 valence electrons. The minimum Gasteiger partial charge on any atom is -0.377 e. The number of nitrogens with zero attached hydrogens (tertiary/aromatic N) is 3. The molecule has 20 heavy (non-hydrogen) atoms. The number of aryl methyl sites for hydroxylation is 3. The van der Waals surface area contributed by atoms with Crippen molar-refractivity contribution in [1.82, 2.24) is 14.8 Å². The van der Waals surface area contributed by atoms with Gasteiger partial charge in [-0.15, -0.1) is 10.2 Å². The number of fused-ring (bicyclic) bond motifs is 1. The number of anilines is 1. The van der Waals surface area contributed by atoms with Gasteiger partial charge < -0.3 is 9.88 Å². The van der Waals surface area contributed by atoms with Gasteiger partial charge in [-0.2, -0.15) is 0 Å². The van der Waals surface area contributed by atoms with Gasteiger partial charge in [-0.3, -0.25) is 0 Å². The average molecular weight is 270 g/mol. The van der Waals surface area contributed by atoms with E-state index in [0.717, 1.165) is 31.2 Å². The Morgan fingerprint density at radius 2 is 1.90 bits per heavy atom. The van der Waals surface area contributed by atoms with E-state index in [4.69, 9.17) is 0 Å². The molecule has 2 heterocycles. The lowest BCUT2D eigenvalue weighted by atomic mass is 10.1. The highest BCUT2D eigenvalue weighted by Crippen LogP contribution is 2.21. The molecule has 4 heteroatoms. The molecule has 0 amide bonds. The van der Waals surface area contributed by atoms with Gasteiger partial charge in [-0.1, -0.05) is 24.6 Å².